The normalized spacial score (nSPS) is 22.4. The highest BCUT2D eigenvalue weighted by atomic mass is 19.1. The number of piperidine rings is 1. The van der Waals surface area contributed by atoms with Crippen LogP contribution in [0.25, 0.3) is 0 Å². The lowest BCUT2D eigenvalue weighted by Crippen LogP contribution is -2.51. The molecule has 34 heavy (non-hydrogen) atoms. The van der Waals surface area contributed by atoms with Crippen LogP contribution in [0.3, 0.4) is 0 Å². The maximum Gasteiger partial charge on any atom is 0.254 e. The summed E-state index contributed by atoms with van der Waals surface area (Å²) in [5, 5.41) is 0. The predicted molar refractivity (Wildman–Crippen MR) is 129 cm³/mol. The molecule has 4 rings (SSSR count). The number of fused-ring (bicyclic) bond motifs is 3. The number of carbonyl (C=O) groups is 1. The van der Waals surface area contributed by atoms with Gasteiger partial charge in [-0.25, -0.2) is 4.39 Å². The number of nitrogens with zero attached hydrogens (tertiary/aromatic N) is 2. The highest BCUT2D eigenvalue weighted by Gasteiger charge is 2.34. The minimum absolute atomic E-state index is 0.0440. The molecule has 2 atom stereocenters. The van der Waals surface area contributed by atoms with Gasteiger partial charge in [0.25, 0.3) is 5.91 Å². The SMILES string of the molecule is COc1cccc(F)c1CN1CCCC[C@@H]2[C@H](OC)CCCN2C(=O)c2cccc(c2)OCC1. The molecule has 2 aliphatic heterocycles. The lowest BCUT2D eigenvalue weighted by Gasteiger charge is -2.41. The molecule has 0 spiro atoms. The van der Waals surface area contributed by atoms with Crippen molar-refractivity contribution in [2.24, 2.45) is 0 Å². The van der Waals surface area contributed by atoms with Crippen LogP contribution in [0.2, 0.25) is 0 Å². The van der Waals surface area contributed by atoms with Gasteiger partial charge in [-0.2, -0.15) is 0 Å². The van der Waals surface area contributed by atoms with E-state index in [4.69, 9.17) is 14.2 Å². The van der Waals surface area contributed by atoms with E-state index in [-0.39, 0.29) is 23.9 Å². The second-order valence-electron chi connectivity index (χ2n) is 9.05. The fourth-order valence-electron chi connectivity index (χ4n) is 5.13. The zero-order chi connectivity index (χ0) is 23.9. The largest absolute Gasteiger partial charge is 0.496 e. The van der Waals surface area contributed by atoms with Crippen LogP contribution in [-0.4, -0.2) is 68.3 Å². The van der Waals surface area contributed by atoms with Gasteiger partial charge >= 0.3 is 0 Å². The lowest BCUT2D eigenvalue weighted by molar-refractivity contribution is -0.0156. The molecule has 0 saturated carbocycles. The number of halogens is 1. The Labute approximate surface area is 201 Å². The molecule has 6 nitrogen and oxygen atoms in total. The molecule has 1 amide bonds. The van der Waals surface area contributed by atoms with Crippen molar-refractivity contribution in [3.05, 3.63) is 59.4 Å². The molecule has 0 N–H and O–H groups in total. The van der Waals surface area contributed by atoms with E-state index in [9.17, 15) is 9.18 Å². The van der Waals surface area contributed by atoms with E-state index in [1.54, 1.807) is 26.4 Å². The fourth-order valence-corrected chi connectivity index (χ4v) is 5.13. The Hall–Kier alpha value is -2.64. The fraction of sp³-hybridized carbons (Fsp3) is 0.519. The van der Waals surface area contributed by atoms with E-state index >= 15 is 0 Å². The summed E-state index contributed by atoms with van der Waals surface area (Å²) in [6, 6.07) is 12.4. The number of hydrogen-bond acceptors (Lipinski definition) is 5. The topological polar surface area (TPSA) is 51.2 Å². The van der Waals surface area contributed by atoms with Crippen molar-refractivity contribution in [1.82, 2.24) is 9.80 Å². The summed E-state index contributed by atoms with van der Waals surface area (Å²) in [5.41, 5.74) is 1.21. The first kappa shape index (κ1) is 24.5. The molecule has 2 bridgehead atoms. The number of methoxy groups -OCH3 is 2. The summed E-state index contributed by atoms with van der Waals surface area (Å²) in [5.74, 6) is 1.02. The second kappa shape index (κ2) is 11.7. The van der Waals surface area contributed by atoms with Crippen molar-refractivity contribution in [3.8, 4) is 11.5 Å². The minimum Gasteiger partial charge on any atom is -0.496 e. The van der Waals surface area contributed by atoms with Crippen LogP contribution in [0.15, 0.2) is 42.5 Å². The molecule has 0 aromatic heterocycles. The number of ether oxygens (including phenoxy) is 3. The average molecular weight is 471 g/mol. The molecule has 2 heterocycles. The van der Waals surface area contributed by atoms with Crippen LogP contribution in [0.5, 0.6) is 11.5 Å². The van der Waals surface area contributed by atoms with E-state index in [0.717, 1.165) is 45.2 Å². The smallest absolute Gasteiger partial charge is 0.254 e. The van der Waals surface area contributed by atoms with Crippen LogP contribution in [0.4, 0.5) is 4.39 Å². The second-order valence-corrected chi connectivity index (χ2v) is 9.05. The highest BCUT2D eigenvalue weighted by Crippen LogP contribution is 2.28. The molecular weight excluding hydrogens is 435 g/mol. The van der Waals surface area contributed by atoms with E-state index in [2.05, 4.69) is 4.90 Å². The Morgan fingerprint density at radius 1 is 1.03 bits per heavy atom. The third kappa shape index (κ3) is 5.70. The maximum atomic E-state index is 14.6. The van der Waals surface area contributed by atoms with Gasteiger partial charge in [0, 0.05) is 37.9 Å². The van der Waals surface area contributed by atoms with Gasteiger partial charge < -0.3 is 19.1 Å². The van der Waals surface area contributed by atoms with E-state index < -0.39 is 0 Å². The van der Waals surface area contributed by atoms with Crippen LogP contribution >= 0.6 is 0 Å². The summed E-state index contributed by atoms with van der Waals surface area (Å²) in [6.07, 6.45) is 4.74. The maximum absolute atomic E-state index is 14.6. The van der Waals surface area contributed by atoms with Gasteiger partial charge in [0.05, 0.1) is 19.3 Å². The Kier molecular flexibility index (Phi) is 8.40. The Morgan fingerprint density at radius 2 is 1.88 bits per heavy atom. The number of benzene rings is 2. The Balaban J connectivity index is 1.56. The van der Waals surface area contributed by atoms with Gasteiger partial charge in [-0.05, 0) is 62.6 Å². The first-order valence-corrected chi connectivity index (χ1v) is 12.2. The van der Waals surface area contributed by atoms with Gasteiger partial charge in [-0.3, -0.25) is 9.69 Å². The highest BCUT2D eigenvalue weighted by molar-refractivity contribution is 5.95. The summed E-state index contributed by atoms with van der Waals surface area (Å²) in [4.78, 5) is 17.6. The van der Waals surface area contributed by atoms with Crippen molar-refractivity contribution in [1.29, 1.82) is 0 Å². The summed E-state index contributed by atoms with van der Waals surface area (Å²) in [6.45, 7) is 3.10. The molecule has 2 aromatic carbocycles. The number of hydrogen-bond donors (Lipinski definition) is 0. The molecule has 7 heteroatoms. The zero-order valence-electron chi connectivity index (χ0n) is 20.2. The lowest BCUT2D eigenvalue weighted by atomic mass is 9.93. The Bertz CT molecular complexity index is 969. The van der Waals surface area contributed by atoms with Gasteiger partial charge in [0.15, 0.2) is 0 Å². The third-order valence-electron chi connectivity index (χ3n) is 6.94. The van der Waals surface area contributed by atoms with Gasteiger partial charge in [-0.15, -0.1) is 0 Å². The van der Waals surface area contributed by atoms with Crippen molar-refractivity contribution < 1.29 is 23.4 Å². The van der Waals surface area contributed by atoms with Crippen molar-refractivity contribution in [3.63, 3.8) is 0 Å². The van der Waals surface area contributed by atoms with E-state index in [1.807, 2.05) is 29.2 Å². The van der Waals surface area contributed by atoms with E-state index in [0.29, 0.717) is 42.3 Å². The predicted octanol–water partition coefficient (Wildman–Crippen LogP) is 4.52. The molecule has 1 fully saturated rings. The van der Waals surface area contributed by atoms with E-state index in [1.165, 1.54) is 6.07 Å². The van der Waals surface area contributed by atoms with Crippen molar-refractivity contribution in [2.45, 2.75) is 50.8 Å². The molecule has 0 unspecified atom stereocenters. The molecule has 0 aliphatic carbocycles. The van der Waals surface area contributed by atoms with Crippen LogP contribution < -0.4 is 9.47 Å². The first-order chi connectivity index (χ1) is 16.6. The number of carbonyl (C=O) groups excluding carboxylic acids is 1. The van der Waals surface area contributed by atoms with Gasteiger partial charge in [-0.1, -0.05) is 18.6 Å². The molecule has 184 valence electrons. The molecule has 2 aliphatic rings. The van der Waals surface area contributed by atoms with Crippen LogP contribution in [0, 0.1) is 5.82 Å². The van der Waals surface area contributed by atoms with Crippen molar-refractivity contribution >= 4 is 5.91 Å². The molecule has 1 saturated heterocycles. The summed E-state index contributed by atoms with van der Waals surface area (Å²) >= 11 is 0. The van der Waals surface area contributed by atoms with Crippen LogP contribution in [0.1, 0.15) is 48.0 Å². The molecular formula is C27H35FN2O4. The number of rotatable bonds is 4. The summed E-state index contributed by atoms with van der Waals surface area (Å²) in [7, 11) is 3.31. The van der Waals surface area contributed by atoms with Crippen LogP contribution in [-0.2, 0) is 11.3 Å². The van der Waals surface area contributed by atoms with Crippen molar-refractivity contribution in [2.75, 3.05) is 40.5 Å². The molecule has 2 aromatic rings. The number of amides is 1. The monoisotopic (exact) mass is 470 g/mol. The molecule has 0 radical (unpaired) electrons. The third-order valence-corrected chi connectivity index (χ3v) is 6.94. The minimum atomic E-state index is -0.258. The Morgan fingerprint density at radius 3 is 2.71 bits per heavy atom. The van der Waals surface area contributed by atoms with Gasteiger partial charge in [0.1, 0.15) is 23.9 Å². The van der Waals surface area contributed by atoms with Gasteiger partial charge in [0.2, 0.25) is 0 Å². The average Bonchev–Trinajstić information content (AvgIpc) is 2.86. The quantitative estimate of drug-likeness (QED) is 0.658. The summed E-state index contributed by atoms with van der Waals surface area (Å²) < 4.78 is 31.8. The standard InChI is InChI=1S/C27H35FN2O4/c1-32-25-12-6-10-23(28)22(25)19-29-14-4-3-11-24-26(33-2)13-7-15-30(24)27(31)20-8-5-9-21(18-20)34-17-16-29/h5-6,8-10,12,18,24,26H,3-4,7,11,13-17,19H2,1-2H3/t24-,26-/m1/s1. The zero-order valence-corrected chi connectivity index (χ0v) is 20.2. The first-order valence-electron chi connectivity index (χ1n) is 12.2.